The Morgan fingerprint density at radius 3 is 1.54 bits per heavy atom. The number of ether oxygens (including phenoxy) is 2. The van der Waals surface area contributed by atoms with Crippen molar-refractivity contribution in [2.24, 2.45) is 0 Å². The summed E-state index contributed by atoms with van der Waals surface area (Å²) in [4.78, 5) is 40.5. The fourth-order valence-corrected chi connectivity index (χ4v) is 8.75. The maximum absolute atomic E-state index is 12.8. The highest BCUT2D eigenvalue weighted by atomic mass is 35.5. The molecule has 4 aromatic heterocycles. The number of hydrogen-bond donors (Lipinski definition) is 6. The van der Waals surface area contributed by atoms with E-state index in [0.717, 1.165) is 119 Å². The molecule has 0 spiro atoms. The fourth-order valence-electron chi connectivity index (χ4n) is 8.27. The molecule has 2 fully saturated rings. The highest BCUT2D eigenvalue weighted by Crippen LogP contribution is 2.44. The minimum Gasteiger partial charge on any atom is -0.479 e. The van der Waals surface area contributed by atoms with E-state index >= 15 is 0 Å². The van der Waals surface area contributed by atoms with Crippen LogP contribution in [0.5, 0.6) is 11.5 Å². The molecular formula is C42H42Cl2N8O4. The summed E-state index contributed by atoms with van der Waals surface area (Å²) in [5.74, 6) is 1.35. The number of nitrogens with zero attached hydrogens (tertiary/aromatic N) is 2. The number of nitrogens with one attached hydrogen (secondary N) is 6. The summed E-state index contributed by atoms with van der Waals surface area (Å²) in [6, 6.07) is 15.8. The monoisotopic (exact) mass is 792 g/mol. The number of hydrogen-bond acceptors (Lipinski definition) is 8. The van der Waals surface area contributed by atoms with Crippen LogP contribution in [-0.2, 0) is 22.4 Å². The van der Waals surface area contributed by atoms with Gasteiger partial charge < -0.3 is 40.7 Å². The zero-order valence-electron chi connectivity index (χ0n) is 30.6. The third kappa shape index (κ3) is 7.41. The lowest BCUT2D eigenvalue weighted by molar-refractivity contribution is -0.128. The van der Waals surface area contributed by atoms with Crippen molar-refractivity contribution in [3.05, 3.63) is 94.5 Å². The summed E-state index contributed by atoms with van der Waals surface area (Å²) in [7, 11) is 0. The van der Waals surface area contributed by atoms with Crippen LogP contribution in [0.2, 0.25) is 10.0 Å². The molecule has 2 aromatic carbocycles. The van der Waals surface area contributed by atoms with Crippen LogP contribution in [0.1, 0.15) is 36.8 Å². The molecule has 2 saturated heterocycles. The molecule has 0 radical (unpaired) electrons. The van der Waals surface area contributed by atoms with Crippen LogP contribution < -0.4 is 30.7 Å². The smallest absolute Gasteiger partial charge is 0.261 e. The van der Waals surface area contributed by atoms with E-state index in [-0.39, 0.29) is 23.9 Å². The van der Waals surface area contributed by atoms with E-state index in [1.165, 1.54) is 0 Å². The first kappa shape index (κ1) is 36.5. The van der Waals surface area contributed by atoms with Crippen molar-refractivity contribution >= 4 is 57.1 Å². The van der Waals surface area contributed by atoms with E-state index in [1.807, 2.05) is 60.9 Å². The Morgan fingerprint density at radius 1 is 0.643 bits per heavy atom. The SMILES string of the molecule is O=C(N[C@@H]1CCCNC1)[C@@H]1Cc2cc(Cl)cc(-c3ccnc4[nH]ccc34)c2O1.O=C(N[C@@H]1CCCNC1)[C@H]1Cc2cc(Cl)cc(-c3ccnc4[nH]ccc34)c2O1. The summed E-state index contributed by atoms with van der Waals surface area (Å²) in [6.07, 6.45) is 11.4. The number of benzene rings is 2. The van der Waals surface area contributed by atoms with E-state index in [2.05, 4.69) is 41.2 Å². The summed E-state index contributed by atoms with van der Waals surface area (Å²) < 4.78 is 12.3. The Morgan fingerprint density at radius 2 is 1.11 bits per heavy atom. The minimum atomic E-state index is -0.530. The van der Waals surface area contributed by atoms with Crippen LogP contribution in [0.3, 0.4) is 0 Å². The molecule has 0 unspecified atom stereocenters. The number of carbonyl (C=O) groups is 2. The molecule has 14 heteroatoms. The van der Waals surface area contributed by atoms with Crippen LogP contribution in [-0.4, -0.2) is 82.2 Å². The number of piperidine rings is 2. The van der Waals surface area contributed by atoms with Gasteiger partial charge in [-0.05, 0) is 98.4 Å². The second kappa shape index (κ2) is 15.8. The van der Waals surface area contributed by atoms with E-state index in [4.69, 9.17) is 32.7 Å². The maximum atomic E-state index is 12.8. The van der Waals surface area contributed by atoms with Gasteiger partial charge >= 0.3 is 0 Å². The number of aromatic nitrogens is 4. The first-order valence-electron chi connectivity index (χ1n) is 19.2. The third-order valence-electron chi connectivity index (χ3n) is 11.0. The summed E-state index contributed by atoms with van der Waals surface area (Å²) in [6.45, 7) is 3.65. The highest BCUT2D eigenvalue weighted by Gasteiger charge is 2.35. The molecule has 12 nitrogen and oxygen atoms in total. The Labute approximate surface area is 333 Å². The standard InChI is InChI=1S/2C21H21ClN4O2/c2*22-13-8-12-9-18(21(27)26-14-2-1-5-23-11-14)28-19(12)17(10-13)15-3-6-24-20-16(15)4-7-25-20/h2*3-4,6-8,10,14,18,23H,1-2,5,9,11H2,(H,24,25)(H,26,27)/t14-,18+;14-,18-/m11/s1. The first-order chi connectivity index (χ1) is 27.4. The van der Waals surface area contributed by atoms with Gasteiger partial charge in [-0.3, -0.25) is 9.59 Å². The Kier molecular flexibility index (Phi) is 10.3. The average molecular weight is 794 g/mol. The second-order valence-electron chi connectivity index (χ2n) is 14.8. The van der Waals surface area contributed by atoms with Crippen LogP contribution in [0.25, 0.3) is 44.3 Å². The van der Waals surface area contributed by atoms with Gasteiger partial charge in [-0.15, -0.1) is 0 Å². The molecule has 8 heterocycles. The van der Waals surface area contributed by atoms with Crippen molar-refractivity contribution in [3.63, 3.8) is 0 Å². The zero-order valence-corrected chi connectivity index (χ0v) is 32.1. The van der Waals surface area contributed by atoms with E-state index in [9.17, 15) is 9.59 Å². The number of rotatable bonds is 6. The van der Waals surface area contributed by atoms with Crippen LogP contribution in [0.4, 0.5) is 0 Å². The predicted octanol–water partition coefficient (Wildman–Crippen LogP) is 6.11. The molecular weight excluding hydrogens is 751 g/mol. The number of halogens is 2. The quantitative estimate of drug-likeness (QED) is 0.118. The molecule has 0 bridgehead atoms. The Balaban J connectivity index is 0.000000146. The van der Waals surface area contributed by atoms with E-state index in [0.29, 0.717) is 22.9 Å². The molecule has 4 atom stereocenters. The summed E-state index contributed by atoms with van der Waals surface area (Å²) in [5, 5.41) is 16.1. The third-order valence-corrected chi connectivity index (χ3v) is 11.4. The second-order valence-corrected chi connectivity index (χ2v) is 15.7. The minimum absolute atomic E-state index is 0.0616. The van der Waals surface area contributed by atoms with Crippen molar-refractivity contribution in [2.45, 2.75) is 62.8 Å². The Bertz CT molecular complexity index is 2250. The van der Waals surface area contributed by atoms with Crippen molar-refractivity contribution in [3.8, 4) is 33.8 Å². The normalized spacial score (nSPS) is 21.3. The Hall–Kier alpha value is -5.14. The summed E-state index contributed by atoms with van der Waals surface area (Å²) in [5.41, 5.74) is 7.31. The van der Waals surface area contributed by atoms with Gasteiger partial charge in [-0.1, -0.05) is 23.2 Å². The maximum Gasteiger partial charge on any atom is 0.261 e. The number of pyridine rings is 2. The molecule has 0 aliphatic carbocycles. The number of amides is 2. The molecule has 4 aliphatic rings. The lowest BCUT2D eigenvalue weighted by Gasteiger charge is -2.25. The predicted molar refractivity (Wildman–Crippen MR) is 217 cm³/mol. The lowest BCUT2D eigenvalue weighted by atomic mass is 9.99. The van der Waals surface area contributed by atoms with Crippen molar-refractivity contribution in [1.29, 1.82) is 0 Å². The van der Waals surface area contributed by atoms with Gasteiger partial charge in [-0.2, -0.15) is 0 Å². The van der Waals surface area contributed by atoms with Crippen molar-refractivity contribution in [2.75, 3.05) is 26.2 Å². The van der Waals surface area contributed by atoms with Crippen LogP contribution in [0.15, 0.2) is 73.3 Å². The number of aromatic amines is 2. The molecule has 0 saturated carbocycles. The van der Waals surface area contributed by atoms with Crippen LogP contribution in [0, 0.1) is 0 Å². The van der Waals surface area contributed by atoms with E-state index in [1.54, 1.807) is 12.4 Å². The van der Waals surface area contributed by atoms with Crippen LogP contribution >= 0.6 is 23.2 Å². The van der Waals surface area contributed by atoms with Gasteiger partial charge in [0.05, 0.1) is 0 Å². The summed E-state index contributed by atoms with van der Waals surface area (Å²) >= 11 is 12.8. The number of fused-ring (bicyclic) bond motifs is 4. The van der Waals surface area contributed by atoms with Gasteiger partial charge in [0.25, 0.3) is 11.8 Å². The lowest BCUT2D eigenvalue weighted by Crippen LogP contribution is -2.49. The highest BCUT2D eigenvalue weighted by molar-refractivity contribution is 6.31. The molecule has 10 rings (SSSR count). The molecule has 288 valence electrons. The van der Waals surface area contributed by atoms with E-state index < -0.39 is 12.2 Å². The number of H-pyrrole nitrogens is 2. The van der Waals surface area contributed by atoms with Crippen molar-refractivity contribution in [1.82, 2.24) is 41.2 Å². The topological polar surface area (TPSA) is 158 Å². The van der Waals surface area contributed by atoms with Gasteiger partial charge in [0.15, 0.2) is 12.2 Å². The molecule has 2 amide bonds. The largest absolute Gasteiger partial charge is 0.479 e. The molecule has 6 N–H and O–H groups in total. The zero-order chi connectivity index (χ0) is 38.2. The molecule has 56 heavy (non-hydrogen) atoms. The first-order valence-corrected chi connectivity index (χ1v) is 20.0. The molecule has 6 aromatic rings. The average Bonchev–Trinajstić information content (AvgIpc) is 4.04. The van der Waals surface area contributed by atoms with Crippen molar-refractivity contribution < 1.29 is 19.1 Å². The fraction of sp³-hybridized carbons (Fsp3) is 0.333. The van der Waals surface area contributed by atoms with Gasteiger partial charge in [0.1, 0.15) is 22.8 Å². The van der Waals surface area contributed by atoms with Gasteiger partial charge in [-0.25, -0.2) is 9.97 Å². The molecule has 4 aliphatic heterocycles. The number of carbonyl (C=O) groups excluding carboxylic acids is 2. The van der Waals surface area contributed by atoms with Gasteiger partial charge in [0, 0.05) is 106 Å². The van der Waals surface area contributed by atoms with Gasteiger partial charge in [0.2, 0.25) is 0 Å².